The van der Waals surface area contributed by atoms with Gasteiger partial charge in [0, 0.05) is 0 Å². The van der Waals surface area contributed by atoms with Gasteiger partial charge in [0.05, 0.1) is 0 Å². The predicted octanol–water partition coefficient (Wildman–Crippen LogP) is 2.10. The molecule has 0 unspecified atom stereocenters. The summed E-state index contributed by atoms with van der Waals surface area (Å²) in [6.45, 7) is 5.44. The van der Waals surface area contributed by atoms with Crippen molar-refractivity contribution in [3.63, 3.8) is 0 Å². The molecule has 0 aromatic rings. The number of nitrogens with two attached hydrogens (primary N) is 1. The minimum Gasteiger partial charge on any atom is -0.480 e. The maximum atomic E-state index is 10.4. The van der Waals surface area contributed by atoms with E-state index in [1.54, 1.807) is 0 Å². The van der Waals surface area contributed by atoms with Gasteiger partial charge in [-0.2, -0.15) is 0 Å². The van der Waals surface area contributed by atoms with Crippen molar-refractivity contribution in [3.05, 3.63) is 0 Å². The summed E-state index contributed by atoms with van der Waals surface area (Å²) in [7, 11) is 0. The van der Waals surface area contributed by atoms with Gasteiger partial charge >= 0.3 is 5.97 Å². The number of carboxylic acid groups (broad SMARTS) is 1. The molecule has 0 bridgehead atoms. The van der Waals surface area contributed by atoms with Gasteiger partial charge in [0.25, 0.3) is 0 Å². The molecule has 3 nitrogen and oxygen atoms in total. The molecule has 0 aliphatic rings. The molecule has 0 spiro atoms. The second-order valence-electron chi connectivity index (χ2n) is 3.32. The fourth-order valence-electron chi connectivity index (χ4n) is 0.935. The summed E-state index contributed by atoms with van der Waals surface area (Å²) in [5.74, 6) is -0.604. The number of hydrogen-bond donors (Lipinski definition) is 2. The predicted molar refractivity (Wildman–Crippen MR) is 61.4 cm³/mol. The largest absolute Gasteiger partial charge is 0.480 e. The Balaban J connectivity index is -0.000000135. The molecule has 0 amide bonds. The van der Waals surface area contributed by atoms with E-state index in [9.17, 15) is 4.79 Å². The molecule has 0 aliphatic heterocycles. The molecule has 0 saturated heterocycles. The normalized spacial score (nSPS) is 13.0. The molecule has 0 aromatic heterocycles. The lowest BCUT2D eigenvalue weighted by Crippen LogP contribution is -2.45. The van der Waals surface area contributed by atoms with E-state index in [4.69, 9.17) is 10.8 Å². The molecule has 0 heterocycles. The third kappa shape index (κ3) is 10.2. The lowest BCUT2D eigenvalue weighted by atomic mass is 9.92. The zero-order chi connectivity index (χ0) is 8.36. The van der Waals surface area contributed by atoms with Crippen molar-refractivity contribution in [1.29, 1.82) is 0 Å². The molecule has 13 heavy (non-hydrogen) atoms. The van der Waals surface area contributed by atoms with Gasteiger partial charge in [-0.05, 0) is 19.3 Å². The Morgan fingerprint density at radius 1 is 1.38 bits per heavy atom. The minimum absolute atomic E-state index is 0. The topological polar surface area (TPSA) is 63.3 Å². The van der Waals surface area contributed by atoms with Gasteiger partial charge < -0.3 is 10.8 Å². The van der Waals surface area contributed by atoms with Crippen molar-refractivity contribution in [2.24, 2.45) is 11.7 Å². The lowest BCUT2D eigenvalue weighted by Gasteiger charge is -2.20. The van der Waals surface area contributed by atoms with Crippen LogP contribution in [0.3, 0.4) is 0 Å². The number of carboxylic acids is 1. The van der Waals surface area contributed by atoms with Crippen LogP contribution in [0, 0.1) is 5.92 Å². The van der Waals surface area contributed by atoms with E-state index in [-0.39, 0.29) is 37.2 Å². The number of aliphatic carboxylic acids is 1. The van der Waals surface area contributed by atoms with Gasteiger partial charge in [-0.3, -0.25) is 4.79 Å². The van der Waals surface area contributed by atoms with Gasteiger partial charge in [-0.15, -0.1) is 37.2 Å². The number of hydrogen-bond acceptors (Lipinski definition) is 2. The molecular formula is C7H18Cl3NO2. The Morgan fingerprint density at radius 2 is 1.69 bits per heavy atom. The summed E-state index contributed by atoms with van der Waals surface area (Å²) in [6, 6.07) is 0. The first-order valence-electron chi connectivity index (χ1n) is 3.38. The Kier molecular flexibility index (Phi) is 15.9. The third-order valence-corrected chi connectivity index (χ3v) is 1.32. The average molecular weight is 255 g/mol. The Labute approximate surface area is 97.7 Å². The molecular weight excluding hydrogens is 236 g/mol. The van der Waals surface area contributed by atoms with Crippen molar-refractivity contribution < 1.29 is 9.90 Å². The van der Waals surface area contributed by atoms with Gasteiger partial charge in [0.1, 0.15) is 5.54 Å². The van der Waals surface area contributed by atoms with Crippen molar-refractivity contribution in [1.82, 2.24) is 0 Å². The first-order chi connectivity index (χ1) is 4.36. The van der Waals surface area contributed by atoms with Crippen LogP contribution in [0.25, 0.3) is 0 Å². The quantitative estimate of drug-likeness (QED) is 0.811. The highest BCUT2D eigenvalue weighted by molar-refractivity contribution is 5.86. The molecule has 0 aliphatic carbocycles. The van der Waals surface area contributed by atoms with Crippen LogP contribution >= 0.6 is 37.2 Å². The maximum Gasteiger partial charge on any atom is 0.323 e. The second-order valence-corrected chi connectivity index (χ2v) is 3.32. The van der Waals surface area contributed by atoms with Crippen LogP contribution in [0.4, 0.5) is 0 Å². The van der Waals surface area contributed by atoms with Crippen LogP contribution in [0.5, 0.6) is 0 Å². The van der Waals surface area contributed by atoms with Crippen LogP contribution in [0.2, 0.25) is 0 Å². The van der Waals surface area contributed by atoms with Crippen LogP contribution in [0.15, 0.2) is 0 Å². The molecule has 84 valence electrons. The molecule has 0 fully saturated rings. The summed E-state index contributed by atoms with van der Waals surface area (Å²) in [5, 5.41) is 8.57. The van der Waals surface area contributed by atoms with Crippen LogP contribution in [-0.4, -0.2) is 16.6 Å². The minimum atomic E-state index is -1.06. The Bertz CT molecular complexity index is 140. The van der Waals surface area contributed by atoms with Crippen LogP contribution in [0.1, 0.15) is 27.2 Å². The number of rotatable bonds is 3. The average Bonchev–Trinajstić information content (AvgIpc) is 1.60. The Morgan fingerprint density at radius 3 is 1.77 bits per heavy atom. The van der Waals surface area contributed by atoms with E-state index >= 15 is 0 Å². The molecule has 0 rings (SSSR count). The fraction of sp³-hybridized carbons (Fsp3) is 0.857. The van der Waals surface area contributed by atoms with Crippen molar-refractivity contribution in [3.8, 4) is 0 Å². The van der Waals surface area contributed by atoms with E-state index in [1.165, 1.54) is 6.92 Å². The highest BCUT2D eigenvalue weighted by Gasteiger charge is 2.28. The van der Waals surface area contributed by atoms with Gasteiger partial charge in [0.15, 0.2) is 0 Å². The summed E-state index contributed by atoms with van der Waals surface area (Å²) < 4.78 is 0. The van der Waals surface area contributed by atoms with E-state index in [1.807, 2.05) is 13.8 Å². The first kappa shape index (κ1) is 23.3. The summed E-state index contributed by atoms with van der Waals surface area (Å²) in [6.07, 6.45) is 0.516. The zero-order valence-electron chi connectivity index (χ0n) is 7.94. The summed E-state index contributed by atoms with van der Waals surface area (Å²) in [5.41, 5.74) is 4.40. The Hall–Kier alpha value is 0.300. The van der Waals surface area contributed by atoms with Gasteiger partial charge in [-0.1, -0.05) is 13.8 Å². The van der Waals surface area contributed by atoms with Crippen molar-refractivity contribution in [2.75, 3.05) is 0 Å². The van der Waals surface area contributed by atoms with Crippen LogP contribution in [-0.2, 0) is 4.79 Å². The van der Waals surface area contributed by atoms with E-state index in [2.05, 4.69) is 0 Å². The highest BCUT2D eigenvalue weighted by Crippen LogP contribution is 2.12. The third-order valence-electron chi connectivity index (χ3n) is 1.32. The lowest BCUT2D eigenvalue weighted by molar-refractivity contribution is -0.143. The zero-order valence-corrected chi connectivity index (χ0v) is 10.4. The summed E-state index contributed by atoms with van der Waals surface area (Å²) in [4.78, 5) is 10.4. The molecule has 6 heteroatoms. The van der Waals surface area contributed by atoms with Gasteiger partial charge in [0.2, 0.25) is 0 Å². The molecule has 0 aromatic carbocycles. The van der Waals surface area contributed by atoms with Crippen LogP contribution < -0.4 is 5.73 Å². The van der Waals surface area contributed by atoms with Crippen molar-refractivity contribution >= 4 is 43.2 Å². The van der Waals surface area contributed by atoms with E-state index < -0.39 is 11.5 Å². The maximum absolute atomic E-state index is 10.4. The second kappa shape index (κ2) is 8.88. The molecule has 0 saturated carbocycles. The van der Waals surface area contributed by atoms with Crippen molar-refractivity contribution in [2.45, 2.75) is 32.7 Å². The molecule has 0 radical (unpaired) electrons. The SMILES string of the molecule is CC(C)C[C@](C)(N)C(=O)O.Cl.Cl.Cl. The van der Waals surface area contributed by atoms with E-state index in [0.29, 0.717) is 12.3 Å². The smallest absolute Gasteiger partial charge is 0.323 e. The van der Waals surface area contributed by atoms with E-state index in [0.717, 1.165) is 0 Å². The highest BCUT2D eigenvalue weighted by atomic mass is 35.5. The standard InChI is InChI=1S/C7H15NO2.3ClH/c1-5(2)4-7(3,8)6(9)10;;;/h5H,4,8H2,1-3H3,(H,9,10);3*1H/t7-;;;/m0.../s1. The fourth-order valence-corrected chi connectivity index (χ4v) is 0.935. The number of carbonyl (C=O) groups is 1. The van der Waals surface area contributed by atoms with Gasteiger partial charge in [-0.25, -0.2) is 0 Å². The molecule has 3 N–H and O–H groups in total. The monoisotopic (exact) mass is 253 g/mol. The molecule has 1 atom stereocenters. The first-order valence-corrected chi connectivity index (χ1v) is 3.38. The summed E-state index contributed by atoms with van der Waals surface area (Å²) >= 11 is 0. The number of halogens is 3.